The first kappa shape index (κ1) is 28.2. The van der Waals surface area contributed by atoms with Gasteiger partial charge in [-0.05, 0) is 67.4 Å². The van der Waals surface area contributed by atoms with Crippen molar-refractivity contribution >= 4 is 57.6 Å². The monoisotopic (exact) mass is 572 g/mol. The Bertz CT molecular complexity index is 1490. The van der Waals surface area contributed by atoms with E-state index in [9.17, 15) is 22.8 Å². The molecule has 0 aromatic heterocycles. The Labute approximate surface area is 232 Å². The minimum atomic E-state index is -4.52. The molecule has 1 aliphatic rings. The second kappa shape index (κ2) is 11.5. The molecular weight excluding hydrogens is 549 g/mol. The lowest BCUT2D eigenvalue weighted by molar-refractivity contribution is -0.137. The van der Waals surface area contributed by atoms with E-state index in [1.54, 1.807) is 24.3 Å². The predicted molar refractivity (Wildman–Crippen MR) is 150 cm³/mol. The van der Waals surface area contributed by atoms with Gasteiger partial charge in [0.2, 0.25) is 0 Å². The summed E-state index contributed by atoms with van der Waals surface area (Å²) < 4.78 is 50.1. The lowest BCUT2D eigenvalue weighted by Crippen LogP contribution is -2.28. The highest BCUT2D eigenvalue weighted by atomic mass is 32.2. The standard InChI is InChI=1S/C28H23F3N2O4S2/c1-16-7-9-21(17(2)11-16)33-26(35)24(39-27(33)38)13-18-8-10-22(23(12-18)36-3)37-15-25(34)32-20-6-4-5-19(14-20)28(29,30)31/h4-14H,15H2,1-3H3,(H,32,34)/b24-13-. The molecule has 202 valence electrons. The minimum Gasteiger partial charge on any atom is -0.493 e. The van der Waals surface area contributed by atoms with Gasteiger partial charge in [0.1, 0.15) is 0 Å². The van der Waals surface area contributed by atoms with Gasteiger partial charge in [-0.3, -0.25) is 14.5 Å². The quantitative estimate of drug-likeness (QED) is 0.250. The Morgan fingerprint density at radius 3 is 2.54 bits per heavy atom. The number of thiocarbonyl (C=S) groups is 1. The van der Waals surface area contributed by atoms with Crippen LogP contribution in [0.1, 0.15) is 22.3 Å². The molecule has 3 aromatic carbocycles. The average molecular weight is 573 g/mol. The molecule has 0 unspecified atom stereocenters. The van der Waals surface area contributed by atoms with Crippen LogP contribution in [-0.2, 0) is 15.8 Å². The number of nitrogens with one attached hydrogen (secondary N) is 1. The number of benzene rings is 3. The van der Waals surface area contributed by atoms with Crippen molar-refractivity contribution in [3.05, 3.63) is 87.8 Å². The first-order valence-electron chi connectivity index (χ1n) is 11.6. The van der Waals surface area contributed by atoms with Crippen molar-refractivity contribution < 1.29 is 32.2 Å². The van der Waals surface area contributed by atoms with Crippen LogP contribution in [0.5, 0.6) is 11.5 Å². The van der Waals surface area contributed by atoms with Crippen molar-refractivity contribution in [2.24, 2.45) is 0 Å². The molecule has 0 saturated carbocycles. The molecule has 1 heterocycles. The molecule has 39 heavy (non-hydrogen) atoms. The van der Waals surface area contributed by atoms with Crippen molar-refractivity contribution in [1.82, 2.24) is 0 Å². The highest BCUT2D eigenvalue weighted by Crippen LogP contribution is 2.38. The lowest BCUT2D eigenvalue weighted by Gasteiger charge is -2.17. The molecule has 0 radical (unpaired) electrons. The summed E-state index contributed by atoms with van der Waals surface area (Å²) in [5.74, 6) is -0.324. The number of ether oxygens (including phenoxy) is 2. The molecule has 4 rings (SSSR count). The number of hydrogen-bond acceptors (Lipinski definition) is 6. The summed E-state index contributed by atoms with van der Waals surface area (Å²) in [5, 5.41) is 2.38. The topological polar surface area (TPSA) is 67.9 Å². The summed E-state index contributed by atoms with van der Waals surface area (Å²) in [5.41, 5.74) is 2.53. The number of thioether (sulfide) groups is 1. The first-order chi connectivity index (χ1) is 18.5. The van der Waals surface area contributed by atoms with Gasteiger partial charge in [0.25, 0.3) is 11.8 Å². The number of alkyl halides is 3. The number of nitrogens with zero attached hydrogens (tertiary/aromatic N) is 1. The summed E-state index contributed by atoms with van der Waals surface area (Å²) in [6.45, 7) is 3.44. The fraction of sp³-hybridized carbons (Fsp3) is 0.179. The summed E-state index contributed by atoms with van der Waals surface area (Å²) in [7, 11) is 1.42. The Kier molecular flexibility index (Phi) is 8.31. The molecule has 6 nitrogen and oxygen atoms in total. The number of halogens is 3. The van der Waals surface area contributed by atoms with Crippen LogP contribution in [0, 0.1) is 13.8 Å². The Morgan fingerprint density at radius 1 is 1.08 bits per heavy atom. The van der Waals surface area contributed by atoms with Gasteiger partial charge in [-0.15, -0.1) is 0 Å². The Balaban J connectivity index is 1.45. The van der Waals surface area contributed by atoms with Crippen LogP contribution >= 0.6 is 24.0 Å². The number of aryl methyl sites for hydroxylation is 2. The van der Waals surface area contributed by atoms with E-state index >= 15 is 0 Å². The maximum absolute atomic E-state index is 13.2. The van der Waals surface area contributed by atoms with Crippen molar-refractivity contribution in [3.8, 4) is 11.5 Å². The van der Waals surface area contributed by atoms with Crippen molar-refractivity contribution in [2.75, 3.05) is 23.9 Å². The summed E-state index contributed by atoms with van der Waals surface area (Å²) >= 11 is 6.67. The zero-order valence-electron chi connectivity index (χ0n) is 21.1. The van der Waals surface area contributed by atoms with Crippen molar-refractivity contribution in [1.29, 1.82) is 0 Å². The summed E-state index contributed by atoms with van der Waals surface area (Å²) in [6.07, 6.45) is -2.83. The highest BCUT2D eigenvalue weighted by Gasteiger charge is 2.34. The van der Waals surface area contributed by atoms with Gasteiger partial charge >= 0.3 is 6.18 Å². The van der Waals surface area contributed by atoms with Gasteiger partial charge in [0.15, 0.2) is 22.4 Å². The third-order valence-corrected chi connectivity index (χ3v) is 7.01. The van der Waals surface area contributed by atoms with Crippen LogP contribution in [0.15, 0.2) is 65.6 Å². The van der Waals surface area contributed by atoms with Crippen LogP contribution in [0.2, 0.25) is 0 Å². The van der Waals surface area contributed by atoms with Gasteiger partial charge in [-0.25, -0.2) is 0 Å². The third kappa shape index (κ3) is 6.61. The minimum absolute atomic E-state index is 0.00103. The fourth-order valence-corrected chi connectivity index (χ4v) is 5.17. The second-order valence-corrected chi connectivity index (χ2v) is 10.3. The number of amides is 2. The molecular formula is C28H23F3N2O4S2. The lowest BCUT2D eigenvalue weighted by atomic mass is 10.1. The Hall–Kier alpha value is -3.83. The number of carbonyl (C=O) groups is 2. The van der Waals surface area contributed by atoms with Crippen LogP contribution in [-0.4, -0.2) is 29.9 Å². The molecule has 0 bridgehead atoms. The van der Waals surface area contributed by atoms with Gasteiger partial charge in [-0.2, -0.15) is 13.2 Å². The van der Waals surface area contributed by atoms with Gasteiger partial charge in [0, 0.05) is 5.69 Å². The van der Waals surface area contributed by atoms with E-state index in [4.69, 9.17) is 21.7 Å². The van der Waals surface area contributed by atoms with E-state index in [0.29, 0.717) is 20.5 Å². The fourth-order valence-electron chi connectivity index (χ4n) is 3.89. The molecule has 1 aliphatic heterocycles. The molecule has 11 heteroatoms. The maximum atomic E-state index is 13.2. The summed E-state index contributed by atoms with van der Waals surface area (Å²) in [6, 6.07) is 15.0. The Morgan fingerprint density at radius 2 is 1.85 bits per heavy atom. The normalized spacial score (nSPS) is 14.6. The van der Waals surface area contributed by atoms with Crippen LogP contribution in [0.3, 0.4) is 0 Å². The number of hydrogen-bond donors (Lipinski definition) is 1. The van der Waals surface area contributed by atoms with E-state index in [1.807, 2.05) is 32.0 Å². The zero-order valence-corrected chi connectivity index (χ0v) is 22.7. The molecule has 0 atom stereocenters. The zero-order chi connectivity index (χ0) is 28.3. The molecule has 1 saturated heterocycles. The van der Waals surface area contributed by atoms with Crippen LogP contribution < -0.4 is 19.7 Å². The third-order valence-electron chi connectivity index (χ3n) is 5.70. The molecule has 1 N–H and O–H groups in total. The SMILES string of the molecule is COc1cc(/C=C2\SC(=S)N(c3ccc(C)cc3C)C2=O)ccc1OCC(=O)Nc1cccc(C(F)(F)F)c1. The van der Waals surface area contributed by atoms with E-state index in [-0.39, 0.29) is 17.3 Å². The second-order valence-electron chi connectivity index (χ2n) is 8.63. The number of rotatable bonds is 7. The largest absolute Gasteiger partial charge is 0.493 e. The molecule has 0 spiro atoms. The molecule has 0 aliphatic carbocycles. The number of anilines is 2. The number of carbonyl (C=O) groups excluding carboxylic acids is 2. The van der Waals surface area contributed by atoms with Crippen LogP contribution in [0.25, 0.3) is 6.08 Å². The number of methoxy groups -OCH3 is 1. The van der Waals surface area contributed by atoms with Gasteiger partial charge in [-0.1, -0.05) is 53.8 Å². The molecule has 3 aromatic rings. The molecule has 1 fully saturated rings. The first-order valence-corrected chi connectivity index (χ1v) is 12.8. The highest BCUT2D eigenvalue weighted by molar-refractivity contribution is 8.27. The maximum Gasteiger partial charge on any atom is 0.416 e. The van der Waals surface area contributed by atoms with Crippen molar-refractivity contribution in [3.63, 3.8) is 0 Å². The van der Waals surface area contributed by atoms with E-state index in [1.165, 1.54) is 35.9 Å². The average Bonchev–Trinajstić information content (AvgIpc) is 3.15. The van der Waals surface area contributed by atoms with Gasteiger partial charge < -0.3 is 14.8 Å². The van der Waals surface area contributed by atoms with Crippen LogP contribution in [0.4, 0.5) is 24.5 Å². The smallest absolute Gasteiger partial charge is 0.416 e. The van der Waals surface area contributed by atoms with E-state index < -0.39 is 24.3 Å². The molecule has 2 amide bonds. The summed E-state index contributed by atoms with van der Waals surface area (Å²) in [4.78, 5) is 27.4. The predicted octanol–water partition coefficient (Wildman–Crippen LogP) is 6.75. The van der Waals surface area contributed by atoms with Gasteiger partial charge in [0.05, 0.1) is 23.3 Å². The van der Waals surface area contributed by atoms with E-state index in [0.717, 1.165) is 28.9 Å². The van der Waals surface area contributed by atoms with E-state index in [2.05, 4.69) is 5.32 Å². The van der Waals surface area contributed by atoms with Crippen molar-refractivity contribution in [2.45, 2.75) is 20.0 Å².